The molecule has 1 unspecified atom stereocenters. The summed E-state index contributed by atoms with van der Waals surface area (Å²) in [6.45, 7) is -0.239. The molecule has 1 atom stereocenters. The fourth-order valence-electron chi connectivity index (χ4n) is 3.57. The molecule has 2 aromatic heterocycles. The molecule has 1 aliphatic heterocycles. The molecule has 13 heteroatoms. The standard InChI is InChI=1S/C22H21F3N6O4/c1-30-8-7-16(29-30)14-9-17-20(26-10-14)31(11-19(32)27-17)21(33)28-18(12-34-2)13-3-5-15(6-4-13)35-22(23,24)25/h3-10,18H,11-12H2,1-2H3,(H,27,32)(H,28,33). The number of urea groups is 1. The average Bonchev–Trinajstić information content (AvgIpc) is 3.23. The second kappa shape index (κ2) is 9.62. The van der Waals surface area contributed by atoms with Gasteiger partial charge in [0.1, 0.15) is 12.3 Å². The van der Waals surface area contributed by atoms with Crippen LogP contribution >= 0.6 is 0 Å². The van der Waals surface area contributed by atoms with Gasteiger partial charge in [0.2, 0.25) is 5.91 Å². The minimum absolute atomic E-state index is 0.0319. The van der Waals surface area contributed by atoms with E-state index in [0.29, 0.717) is 22.5 Å². The zero-order valence-corrected chi connectivity index (χ0v) is 18.7. The Hall–Kier alpha value is -4.13. The van der Waals surface area contributed by atoms with Crippen LogP contribution in [0, 0.1) is 0 Å². The zero-order chi connectivity index (χ0) is 25.2. The van der Waals surface area contributed by atoms with Crippen molar-refractivity contribution >= 4 is 23.4 Å². The lowest BCUT2D eigenvalue weighted by molar-refractivity contribution is -0.274. The van der Waals surface area contributed by atoms with Crippen molar-refractivity contribution in [2.45, 2.75) is 12.4 Å². The molecule has 0 saturated carbocycles. The maximum Gasteiger partial charge on any atom is 0.573 e. The van der Waals surface area contributed by atoms with E-state index in [1.165, 1.54) is 24.1 Å². The van der Waals surface area contributed by atoms with E-state index in [2.05, 4.69) is 25.5 Å². The number of carbonyl (C=O) groups excluding carboxylic acids is 2. The van der Waals surface area contributed by atoms with Crippen molar-refractivity contribution in [2.75, 3.05) is 30.5 Å². The van der Waals surface area contributed by atoms with Crippen LogP contribution in [0.5, 0.6) is 5.75 Å². The van der Waals surface area contributed by atoms with Crippen molar-refractivity contribution in [1.29, 1.82) is 0 Å². The summed E-state index contributed by atoms with van der Waals surface area (Å²) in [4.78, 5) is 31.0. The van der Waals surface area contributed by atoms with E-state index in [9.17, 15) is 22.8 Å². The van der Waals surface area contributed by atoms with Gasteiger partial charge in [0.15, 0.2) is 5.82 Å². The van der Waals surface area contributed by atoms with E-state index in [1.807, 2.05) is 0 Å². The lowest BCUT2D eigenvalue weighted by Crippen LogP contribution is -2.49. The average molecular weight is 490 g/mol. The van der Waals surface area contributed by atoms with Crippen LogP contribution in [-0.2, 0) is 16.6 Å². The first-order valence-corrected chi connectivity index (χ1v) is 10.4. The molecule has 0 fully saturated rings. The van der Waals surface area contributed by atoms with Gasteiger partial charge in [-0.25, -0.2) is 9.78 Å². The number of ether oxygens (including phenoxy) is 2. The first-order valence-electron chi connectivity index (χ1n) is 10.4. The minimum atomic E-state index is -4.81. The van der Waals surface area contributed by atoms with Crippen LogP contribution in [0.4, 0.5) is 29.5 Å². The number of fused-ring (bicyclic) bond motifs is 1. The lowest BCUT2D eigenvalue weighted by atomic mass is 10.1. The number of rotatable bonds is 6. The summed E-state index contributed by atoms with van der Waals surface area (Å²) >= 11 is 0. The van der Waals surface area contributed by atoms with Crippen molar-refractivity contribution < 1.29 is 32.2 Å². The Morgan fingerprint density at radius 1 is 1.26 bits per heavy atom. The summed E-state index contributed by atoms with van der Waals surface area (Å²) < 4.78 is 48.0. The predicted molar refractivity (Wildman–Crippen MR) is 119 cm³/mol. The number of nitrogens with one attached hydrogen (secondary N) is 2. The third kappa shape index (κ3) is 5.69. The van der Waals surface area contributed by atoms with Crippen molar-refractivity contribution in [3.63, 3.8) is 0 Å². The number of aromatic nitrogens is 3. The van der Waals surface area contributed by atoms with Gasteiger partial charge in [0, 0.05) is 32.1 Å². The van der Waals surface area contributed by atoms with Gasteiger partial charge in [-0.1, -0.05) is 12.1 Å². The van der Waals surface area contributed by atoms with E-state index < -0.39 is 30.1 Å². The number of halogens is 3. The molecule has 0 bridgehead atoms. The van der Waals surface area contributed by atoms with Crippen molar-refractivity contribution in [1.82, 2.24) is 20.1 Å². The molecule has 4 rings (SSSR count). The first-order chi connectivity index (χ1) is 16.6. The highest BCUT2D eigenvalue weighted by molar-refractivity contribution is 6.09. The summed E-state index contributed by atoms with van der Waals surface area (Å²) in [5.41, 5.74) is 2.13. The van der Waals surface area contributed by atoms with Crippen LogP contribution in [0.1, 0.15) is 11.6 Å². The Morgan fingerprint density at radius 2 is 2.00 bits per heavy atom. The predicted octanol–water partition coefficient (Wildman–Crippen LogP) is 3.24. The number of anilines is 2. The van der Waals surface area contributed by atoms with Gasteiger partial charge < -0.3 is 20.1 Å². The van der Waals surface area contributed by atoms with Crippen LogP contribution in [-0.4, -0.2) is 53.3 Å². The number of alkyl halides is 3. The van der Waals surface area contributed by atoms with Gasteiger partial charge >= 0.3 is 12.4 Å². The zero-order valence-electron chi connectivity index (χ0n) is 18.7. The molecule has 3 heterocycles. The third-order valence-electron chi connectivity index (χ3n) is 5.10. The molecule has 0 saturated heterocycles. The molecule has 1 aromatic carbocycles. The largest absolute Gasteiger partial charge is 0.573 e. The lowest BCUT2D eigenvalue weighted by Gasteiger charge is -2.30. The monoisotopic (exact) mass is 490 g/mol. The number of hydrogen-bond donors (Lipinski definition) is 2. The van der Waals surface area contributed by atoms with E-state index >= 15 is 0 Å². The smallest absolute Gasteiger partial charge is 0.406 e. The first kappa shape index (κ1) is 24.0. The number of methoxy groups -OCH3 is 1. The van der Waals surface area contributed by atoms with Gasteiger partial charge in [-0.2, -0.15) is 5.10 Å². The van der Waals surface area contributed by atoms with Crippen molar-refractivity contribution in [3.8, 4) is 17.0 Å². The second-order valence-corrected chi connectivity index (χ2v) is 7.68. The van der Waals surface area contributed by atoms with E-state index in [4.69, 9.17) is 4.74 Å². The molecule has 184 valence electrons. The Morgan fingerprint density at radius 3 is 2.63 bits per heavy atom. The van der Waals surface area contributed by atoms with Gasteiger partial charge in [0.05, 0.1) is 24.0 Å². The molecular weight excluding hydrogens is 469 g/mol. The van der Waals surface area contributed by atoms with Gasteiger partial charge in [-0.05, 0) is 29.8 Å². The molecule has 0 radical (unpaired) electrons. The van der Waals surface area contributed by atoms with E-state index in [0.717, 1.165) is 12.1 Å². The molecule has 0 spiro atoms. The SMILES string of the molecule is COCC(NC(=O)N1CC(=O)Nc2cc(-c3ccn(C)n3)cnc21)c1ccc(OC(F)(F)F)cc1. The van der Waals surface area contributed by atoms with Gasteiger partial charge in [-0.15, -0.1) is 13.2 Å². The van der Waals surface area contributed by atoms with Crippen molar-refractivity contribution in [2.24, 2.45) is 7.05 Å². The third-order valence-corrected chi connectivity index (χ3v) is 5.10. The Labute approximate surface area is 197 Å². The number of carbonyl (C=O) groups is 2. The Balaban J connectivity index is 1.54. The Bertz CT molecular complexity index is 1230. The summed E-state index contributed by atoms with van der Waals surface area (Å²) in [6, 6.07) is 7.18. The van der Waals surface area contributed by atoms with Crippen LogP contribution in [0.3, 0.4) is 0 Å². The molecule has 3 amide bonds. The highest BCUT2D eigenvalue weighted by Gasteiger charge is 2.32. The summed E-state index contributed by atoms with van der Waals surface area (Å²) in [7, 11) is 3.20. The number of aryl methyl sites for hydroxylation is 1. The highest BCUT2D eigenvalue weighted by Crippen LogP contribution is 2.31. The molecule has 3 aromatic rings. The minimum Gasteiger partial charge on any atom is -0.406 e. The van der Waals surface area contributed by atoms with Crippen molar-refractivity contribution in [3.05, 3.63) is 54.4 Å². The number of hydrogen-bond acceptors (Lipinski definition) is 6. The maximum absolute atomic E-state index is 13.1. The fourth-order valence-corrected chi connectivity index (χ4v) is 3.57. The molecule has 10 nitrogen and oxygen atoms in total. The van der Waals surface area contributed by atoms with E-state index in [1.54, 1.807) is 36.3 Å². The number of nitrogens with zero attached hydrogens (tertiary/aromatic N) is 4. The highest BCUT2D eigenvalue weighted by atomic mass is 19.4. The molecule has 35 heavy (non-hydrogen) atoms. The van der Waals surface area contributed by atoms with Gasteiger partial charge in [0.25, 0.3) is 0 Å². The fraction of sp³-hybridized carbons (Fsp3) is 0.273. The number of benzene rings is 1. The van der Waals surface area contributed by atoms with Crippen LogP contribution in [0.15, 0.2) is 48.8 Å². The normalized spacial score (nSPS) is 14.2. The van der Waals surface area contributed by atoms with Crippen LogP contribution in [0.25, 0.3) is 11.3 Å². The molecule has 1 aliphatic rings. The summed E-state index contributed by atoms with van der Waals surface area (Å²) in [5.74, 6) is -0.560. The summed E-state index contributed by atoms with van der Waals surface area (Å²) in [5, 5.41) is 9.76. The molecule has 0 aliphatic carbocycles. The number of pyridine rings is 1. The van der Waals surface area contributed by atoms with Crippen LogP contribution in [0.2, 0.25) is 0 Å². The topological polar surface area (TPSA) is 111 Å². The Kier molecular flexibility index (Phi) is 6.60. The molecular formula is C22H21F3N6O4. The maximum atomic E-state index is 13.1. The second-order valence-electron chi connectivity index (χ2n) is 7.68. The number of amides is 3. The quantitative estimate of drug-likeness (QED) is 0.549. The molecule has 2 N–H and O–H groups in total. The van der Waals surface area contributed by atoms with Crippen LogP contribution < -0.4 is 20.3 Å². The summed E-state index contributed by atoms with van der Waals surface area (Å²) in [6.07, 6.45) is -1.50. The van der Waals surface area contributed by atoms with Gasteiger partial charge in [-0.3, -0.25) is 14.4 Å². The van der Waals surface area contributed by atoms with E-state index in [-0.39, 0.29) is 19.0 Å².